The van der Waals surface area contributed by atoms with Gasteiger partial charge in [0, 0.05) is 24.3 Å². The minimum atomic E-state index is -0.510. The lowest BCUT2D eigenvalue weighted by Crippen LogP contribution is -2.48. The van der Waals surface area contributed by atoms with Crippen molar-refractivity contribution in [1.82, 2.24) is 9.88 Å². The maximum absolute atomic E-state index is 12.5. The van der Waals surface area contributed by atoms with Gasteiger partial charge in [-0.05, 0) is 45.2 Å². The van der Waals surface area contributed by atoms with Gasteiger partial charge in [0.25, 0.3) is 0 Å². The second kappa shape index (κ2) is 6.56. The number of piperidine rings is 1. The monoisotopic (exact) mass is 290 g/mol. The Morgan fingerprint density at radius 1 is 1.48 bits per heavy atom. The standard InChI is InChI=1S/C15H22N4O2/c1-10-5-3-4-8-19(10)15(21)11(2)18-13-9-12(14(16)20)6-7-17-13/h6-7,9-11H,3-5,8H2,1-2H3,(H2,16,20)(H,17,18). The highest BCUT2D eigenvalue weighted by molar-refractivity contribution is 5.93. The smallest absolute Gasteiger partial charge is 0.248 e. The van der Waals surface area contributed by atoms with Crippen molar-refractivity contribution < 1.29 is 9.59 Å². The third-order valence-electron chi connectivity index (χ3n) is 3.87. The molecule has 1 aliphatic heterocycles. The fourth-order valence-corrected chi connectivity index (χ4v) is 2.62. The molecule has 2 heterocycles. The van der Waals surface area contributed by atoms with Gasteiger partial charge in [0.2, 0.25) is 11.8 Å². The second-order valence-electron chi connectivity index (χ2n) is 5.54. The summed E-state index contributed by atoms with van der Waals surface area (Å²) in [6, 6.07) is 3.00. The van der Waals surface area contributed by atoms with Crippen LogP contribution in [0, 0.1) is 0 Å². The van der Waals surface area contributed by atoms with E-state index in [0.717, 1.165) is 19.4 Å². The molecule has 2 unspecified atom stereocenters. The summed E-state index contributed by atoms with van der Waals surface area (Å²) in [5.74, 6) is 0.0365. The number of carbonyl (C=O) groups is 2. The van der Waals surface area contributed by atoms with Crippen LogP contribution in [-0.4, -0.2) is 40.3 Å². The molecule has 0 bridgehead atoms. The van der Waals surface area contributed by atoms with Crippen molar-refractivity contribution in [1.29, 1.82) is 0 Å². The van der Waals surface area contributed by atoms with Gasteiger partial charge in [-0.15, -0.1) is 0 Å². The van der Waals surface area contributed by atoms with E-state index in [4.69, 9.17) is 5.73 Å². The van der Waals surface area contributed by atoms with Gasteiger partial charge in [0.05, 0.1) is 0 Å². The molecule has 1 aromatic rings. The first-order chi connectivity index (χ1) is 9.99. The quantitative estimate of drug-likeness (QED) is 0.877. The summed E-state index contributed by atoms with van der Waals surface area (Å²) in [6.07, 6.45) is 4.78. The molecule has 6 nitrogen and oxygen atoms in total. The predicted molar refractivity (Wildman–Crippen MR) is 80.9 cm³/mol. The molecule has 0 radical (unpaired) electrons. The molecule has 1 aliphatic rings. The number of nitrogens with one attached hydrogen (secondary N) is 1. The van der Waals surface area contributed by atoms with Crippen LogP contribution in [0.4, 0.5) is 5.82 Å². The van der Waals surface area contributed by atoms with E-state index in [9.17, 15) is 9.59 Å². The summed E-state index contributed by atoms with van der Waals surface area (Å²) in [5, 5.41) is 3.04. The molecule has 2 atom stereocenters. The van der Waals surface area contributed by atoms with E-state index in [0.29, 0.717) is 11.4 Å². The number of anilines is 1. The Hall–Kier alpha value is -2.11. The van der Waals surface area contributed by atoms with E-state index in [1.807, 2.05) is 11.8 Å². The number of likely N-dealkylation sites (tertiary alicyclic amines) is 1. The molecule has 6 heteroatoms. The summed E-state index contributed by atoms with van der Waals surface area (Å²) >= 11 is 0. The number of pyridine rings is 1. The Bertz CT molecular complexity index is 532. The minimum Gasteiger partial charge on any atom is -0.366 e. The number of amides is 2. The maximum Gasteiger partial charge on any atom is 0.248 e. The van der Waals surface area contributed by atoms with Crippen LogP contribution in [0.15, 0.2) is 18.3 Å². The minimum absolute atomic E-state index is 0.0634. The van der Waals surface area contributed by atoms with Crippen molar-refractivity contribution in [3.8, 4) is 0 Å². The number of nitrogens with zero attached hydrogens (tertiary/aromatic N) is 2. The van der Waals surface area contributed by atoms with E-state index in [1.54, 1.807) is 12.1 Å². The highest BCUT2D eigenvalue weighted by atomic mass is 16.2. The summed E-state index contributed by atoms with van der Waals surface area (Å²) in [7, 11) is 0. The zero-order valence-corrected chi connectivity index (χ0v) is 12.5. The molecule has 114 valence electrons. The molecule has 1 aromatic heterocycles. The van der Waals surface area contributed by atoms with Gasteiger partial charge >= 0.3 is 0 Å². The Balaban J connectivity index is 2.03. The Morgan fingerprint density at radius 2 is 2.24 bits per heavy atom. The molecule has 1 saturated heterocycles. The van der Waals surface area contributed by atoms with E-state index in [-0.39, 0.29) is 18.0 Å². The van der Waals surface area contributed by atoms with E-state index in [1.165, 1.54) is 12.6 Å². The zero-order valence-electron chi connectivity index (χ0n) is 12.5. The average Bonchev–Trinajstić information content (AvgIpc) is 2.47. The zero-order chi connectivity index (χ0) is 15.4. The molecule has 1 fully saturated rings. The van der Waals surface area contributed by atoms with Gasteiger partial charge in [0.1, 0.15) is 11.9 Å². The SMILES string of the molecule is CC(Nc1cc(C(N)=O)ccn1)C(=O)N1CCCCC1C. The topological polar surface area (TPSA) is 88.3 Å². The number of nitrogens with two attached hydrogens (primary N) is 1. The molecular weight excluding hydrogens is 268 g/mol. The first kappa shape index (κ1) is 15.3. The van der Waals surface area contributed by atoms with Gasteiger partial charge in [0.15, 0.2) is 0 Å². The third-order valence-corrected chi connectivity index (χ3v) is 3.87. The lowest BCUT2D eigenvalue weighted by atomic mass is 10.0. The number of aromatic nitrogens is 1. The molecule has 2 amide bonds. The molecule has 0 spiro atoms. The van der Waals surface area contributed by atoms with Crippen LogP contribution in [0.1, 0.15) is 43.5 Å². The lowest BCUT2D eigenvalue weighted by Gasteiger charge is -2.35. The van der Waals surface area contributed by atoms with Crippen molar-refractivity contribution in [2.24, 2.45) is 5.73 Å². The first-order valence-corrected chi connectivity index (χ1v) is 7.32. The third kappa shape index (κ3) is 3.71. The van der Waals surface area contributed by atoms with Crippen LogP contribution >= 0.6 is 0 Å². The summed E-state index contributed by atoms with van der Waals surface area (Å²) in [5.41, 5.74) is 5.61. The van der Waals surface area contributed by atoms with Crippen LogP contribution < -0.4 is 11.1 Å². The molecule has 0 aromatic carbocycles. The average molecular weight is 290 g/mol. The van der Waals surface area contributed by atoms with Gasteiger partial charge in [-0.2, -0.15) is 0 Å². The lowest BCUT2D eigenvalue weighted by molar-refractivity contribution is -0.134. The highest BCUT2D eigenvalue weighted by Gasteiger charge is 2.27. The number of carbonyl (C=O) groups excluding carboxylic acids is 2. The van der Waals surface area contributed by atoms with E-state index < -0.39 is 5.91 Å². The Labute approximate surface area is 124 Å². The van der Waals surface area contributed by atoms with Crippen molar-refractivity contribution in [2.45, 2.75) is 45.2 Å². The summed E-state index contributed by atoms with van der Waals surface area (Å²) < 4.78 is 0. The first-order valence-electron chi connectivity index (χ1n) is 7.32. The number of rotatable bonds is 4. The van der Waals surface area contributed by atoms with Crippen molar-refractivity contribution in [3.05, 3.63) is 23.9 Å². The number of primary amides is 1. The number of hydrogen-bond acceptors (Lipinski definition) is 4. The predicted octanol–water partition coefficient (Wildman–Crippen LogP) is 1.38. The van der Waals surface area contributed by atoms with Crippen LogP contribution in [0.3, 0.4) is 0 Å². The summed E-state index contributed by atoms with van der Waals surface area (Å²) in [6.45, 7) is 4.69. The van der Waals surface area contributed by atoms with E-state index >= 15 is 0 Å². The normalized spacial score (nSPS) is 19.9. The highest BCUT2D eigenvalue weighted by Crippen LogP contribution is 2.18. The van der Waals surface area contributed by atoms with Crippen LogP contribution in [0.5, 0.6) is 0 Å². The Kier molecular flexibility index (Phi) is 4.77. The fraction of sp³-hybridized carbons (Fsp3) is 0.533. The molecule has 2 rings (SSSR count). The van der Waals surface area contributed by atoms with Gasteiger partial charge in [-0.1, -0.05) is 0 Å². The van der Waals surface area contributed by atoms with Crippen LogP contribution in [0.2, 0.25) is 0 Å². The fourth-order valence-electron chi connectivity index (χ4n) is 2.62. The van der Waals surface area contributed by atoms with Gasteiger partial charge in [-0.25, -0.2) is 4.98 Å². The van der Waals surface area contributed by atoms with Crippen molar-refractivity contribution in [2.75, 3.05) is 11.9 Å². The van der Waals surface area contributed by atoms with Gasteiger partial charge < -0.3 is 16.0 Å². The number of hydrogen-bond donors (Lipinski definition) is 2. The largest absolute Gasteiger partial charge is 0.366 e. The molecule has 3 N–H and O–H groups in total. The van der Waals surface area contributed by atoms with Crippen LogP contribution in [0.25, 0.3) is 0 Å². The molecule has 21 heavy (non-hydrogen) atoms. The van der Waals surface area contributed by atoms with Crippen LogP contribution in [-0.2, 0) is 4.79 Å². The van der Waals surface area contributed by atoms with Crippen molar-refractivity contribution >= 4 is 17.6 Å². The molecule has 0 aliphatic carbocycles. The molecular formula is C15H22N4O2. The van der Waals surface area contributed by atoms with E-state index in [2.05, 4.69) is 17.2 Å². The summed E-state index contributed by atoms with van der Waals surface area (Å²) in [4.78, 5) is 29.7. The second-order valence-corrected chi connectivity index (χ2v) is 5.54. The maximum atomic E-state index is 12.5. The van der Waals surface area contributed by atoms with Gasteiger partial charge in [-0.3, -0.25) is 9.59 Å². The molecule has 0 saturated carbocycles. The van der Waals surface area contributed by atoms with Crippen molar-refractivity contribution in [3.63, 3.8) is 0 Å². The Morgan fingerprint density at radius 3 is 2.90 bits per heavy atom.